The molecule has 10 nitrogen and oxygen atoms in total. The third kappa shape index (κ3) is 4.43. The lowest BCUT2D eigenvalue weighted by molar-refractivity contribution is -0.385. The maximum absolute atomic E-state index is 12.5. The number of amides is 3. The Morgan fingerprint density at radius 1 is 1.09 bits per heavy atom. The lowest BCUT2D eigenvalue weighted by atomic mass is 10.1. The van der Waals surface area contributed by atoms with Crippen molar-refractivity contribution in [3.05, 3.63) is 63.8 Å². The number of aromatic nitrogens is 2. The summed E-state index contributed by atoms with van der Waals surface area (Å²) in [5, 5.41) is 22.4. The number of nitrogens with one attached hydrogen (secondary N) is 2. The number of hydrogen-bond acceptors (Lipinski definition) is 5. The van der Waals surface area contributed by atoms with Gasteiger partial charge >= 0.3 is 6.03 Å². The SMILES string of the molecule is CC(=O)N1CCN(C(=O)Nc2ccc(/C=C/c3n[nH]c4ccccc34)c([N+](=O)[O-])c2)CC1. The van der Waals surface area contributed by atoms with Crippen molar-refractivity contribution in [1.29, 1.82) is 0 Å². The fraction of sp³-hybridized carbons (Fsp3) is 0.227. The average Bonchev–Trinajstić information content (AvgIpc) is 3.21. The molecule has 164 valence electrons. The van der Waals surface area contributed by atoms with E-state index in [1.807, 2.05) is 24.3 Å². The number of hydrogen-bond donors (Lipinski definition) is 2. The summed E-state index contributed by atoms with van der Waals surface area (Å²) in [5.74, 6) is -0.0211. The first-order valence-corrected chi connectivity index (χ1v) is 10.1. The van der Waals surface area contributed by atoms with Gasteiger partial charge < -0.3 is 15.1 Å². The van der Waals surface area contributed by atoms with Gasteiger partial charge in [-0.25, -0.2) is 4.79 Å². The largest absolute Gasteiger partial charge is 0.339 e. The van der Waals surface area contributed by atoms with Crippen LogP contribution < -0.4 is 5.32 Å². The molecule has 1 aromatic heterocycles. The van der Waals surface area contributed by atoms with E-state index in [1.54, 1.807) is 34.1 Å². The van der Waals surface area contributed by atoms with Crippen LogP contribution in [-0.2, 0) is 4.79 Å². The molecule has 2 N–H and O–H groups in total. The first-order valence-electron chi connectivity index (χ1n) is 10.1. The summed E-state index contributed by atoms with van der Waals surface area (Å²) in [5.41, 5.74) is 2.16. The number of benzene rings is 2. The smallest absolute Gasteiger partial charge is 0.321 e. The number of rotatable bonds is 4. The molecule has 2 aromatic carbocycles. The van der Waals surface area contributed by atoms with Gasteiger partial charge in [-0.3, -0.25) is 20.0 Å². The maximum Gasteiger partial charge on any atom is 0.321 e. The molecule has 32 heavy (non-hydrogen) atoms. The molecule has 0 aliphatic carbocycles. The molecule has 0 bridgehead atoms. The number of para-hydroxylation sites is 1. The van der Waals surface area contributed by atoms with E-state index in [9.17, 15) is 19.7 Å². The molecule has 2 heterocycles. The van der Waals surface area contributed by atoms with E-state index in [1.165, 1.54) is 13.0 Å². The van der Waals surface area contributed by atoms with Crippen molar-refractivity contribution in [2.24, 2.45) is 0 Å². The number of fused-ring (bicyclic) bond motifs is 1. The van der Waals surface area contributed by atoms with Gasteiger partial charge in [0.1, 0.15) is 0 Å². The van der Waals surface area contributed by atoms with E-state index in [2.05, 4.69) is 15.5 Å². The number of aromatic amines is 1. The van der Waals surface area contributed by atoms with E-state index >= 15 is 0 Å². The van der Waals surface area contributed by atoms with E-state index in [0.29, 0.717) is 43.1 Å². The second-order valence-corrected chi connectivity index (χ2v) is 7.44. The number of piperazine rings is 1. The van der Waals surface area contributed by atoms with Crippen molar-refractivity contribution in [3.8, 4) is 0 Å². The Kier molecular flexibility index (Phi) is 5.84. The van der Waals surface area contributed by atoms with Gasteiger partial charge in [-0.1, -0.05) is 18.2 Å². The first-order chi connectivity index (χ1) is 15.4. The molecule has 3 amide bonds. The molecule has 0 spiro atoms. The zero-order valence-corrected chi connectivity index (χ0v) is 17.4. The van der Waals surface area contributed by atoms with Gasteiger partial charge in [-0.15, -0.1) is 0 Å². The van der Waals surface area contributed by atoms with Crippen molar-refractivity contribution in [2.45, 2.75) is 6.92 Å². The number of H-pyrrole nitrogens is 1. The van der Waals surface area contributed by atoms with Crippen LogP contribution >= 0.6 is 0 Å². The average molecular weight is 434 g/mol. The number of nitrogens with zero attached hydrogens (tertiary/aromatic N) is 4. The standard InChI is InChI=1S/C22H22N6O4/c1-15(29)26-10-12-27(13-11-26)22(30)23-17-8-6-16(21(14-17)28(31)32)7-9-20-18-4-2-3-5-19(18)24-25-20/h2-9,14H,10-13H2,1H3,(H,23,30)(H,24,25)/b9-7+. The van der Waals surface area contributed by atoms with Crippen molar-refractivity contribution in [1.82, 2.24) is 20.0 Å². The second kappa shape index (κ2) is 8.88. The monoisotopic (exact) mass is 434 g/mol. The van der Waals surface area contributed by atoms with E-state index in [0.717, 1.165) is 10.9 Å². The quantitative estimate of drug-likeness (QED) is 0.481. The van der Waals surface area contributed by atoms with Gasteiger partial charge in [0.15, 0.2) is 0 Å². The summed E-state index contributed by atoms with van der Waals surface area (Å²) < 4.78 is 0. The van der Waals surface area contributed by atoms with E-state index in [4.69, 9.17) is 0 Å². The third-order valence-corrected chi connectivity index (χ3v) is 5.41. The Labute approximate surface area is 183 Å². The summed E-state index contributed by atoms with van der Waals surface area (Å²) in [6.45, 7) is 3.25. The fourth-order valence-corrected chi connectivity index (χ4v) is 3.63. The molecule has 1 saturated heterocycles. The molecule has 0 atom stereocenters. The van der Waals surface area contributed by atoms with Gasteiger partial charge in [0.25, 0.3) is 5.69 Å². The zero-order chi connectivity index (χ0) is 22.7. The minimum absolute atomic E-state index is 0.0211. The van der Waals surface area contributed by atoms with Gasteiger partial charge in [-0.2, -0.15) is 5.10 Å². The fourth-order valence-electron chi connectivity index (χ4n) is 3.63. The van der Waals surface area contributed by atoms with Crippen LogP contribution in [0.1, 0.15) is 18.2 Å². The molecule has 10 heteroatoms. The molecule has 1 fully saturated rings. The lowest BCUT2D eigenvalue weighted by Gasteiger charge is -2.34. The zero-order valence-electron chi connectivity index (χ0n) is 17.4. The van der Waals surface area contributed by atoms with Crippen LogP contribution in [0.3, 0.4) is 0 Å². The van der Waals surface area contributed by atoms with Crippen LogP contribution in [0.2, 0.25) is 0 Å². The normalized spacial score (nSPS) is 14.2. The van der Waals surface area contributed by atoms with Crippen molar-refractivity contribution < 1.29 is 14.5 Å². The predicted molar refractivity (Wildman–Crippen MR) is 121 cm³/mol. The molecule has 0 radical (unpaired) electrons. The van der Waals surface area contributed by atoms with Gasteiger partial charge in [0.2, 0.25) is 5.91 Å². The number of anilines is 1. The first kappa shape index (κ1) is 21.0. The lowest BCUT2D eigenvalue weighted by Crippen LogP contribution is -2.51. The highest BCUT2D eigenvalue weighted by Gasteiger charge is 2.23. The van der Waals surface area contributed by atoms with Crippen LogP contribution in [0.4, 0.5) is 16.2 Å². The topological polar surface area (TPSA) is 124 Å². The minimum Gasteiger partial charge on any atom is -0.339 e. The van der Waals surface area contributed by atoms with Crippen molar-refractivity contribution in [3.63, 3.8) is 0 Å². The highest BCUT2D eigenvalue weighted by molar-refractivity contribution is 5.92. The molecular formula is C22H22N6O4. The van der Waals surface area contributed by atoms with Crippen LogP contribution in [-0.4, -0.2) is 63.0 Å². The van der Waals surface area contributed by atoms with Gasteiger partial charge in [0, 0.05) is 50.2 Å². The van der Waals surface area contributed by atoms with Crippen LogP contribution in [0.15, 0.2) is 42.5 Å². The third-order valence-electron chi connectivity index (χ3n) is 5.41. The minimum atomic E-state index is -0.483. The van der Waals surface area contributed by atoms with Crippen molar-refractivity contribution >= 4 is 46.4 Å². The number of nitro benzene ring substituents is 1. The summed E-state index contributed by atoms with van der Waals surface area (Å²) in [4.78, 5) is 38.4. The molecule has 4 rings (SSSR count). The maximum atomic E-state index is 12.5. The van der Waals surface area contributed by atoms with Gasteiger partial charge in [-0.05, 0) is 30.4 Å². The molecule has 1 aliphatic rings. The Hall–Kier alpha value is -4.21. The van der Waals surface area contributed by atoms with Crippen LogP contribution in [0.5, 0.6) is 0 Å². The number of carbonyl (C=O) groups excluding carboxylic acids is 2. The summed E-state index contributed by atoms with van der Waals surface area (Å²) in [7, 11) is 0. The molecular weight excluding hydrogens is 412 g/mol. The molecule has 0 unspecified atom stereocenters. The molecule has 1 aliphatic heterocycles. The number of carbonyl (C=O) groups is 2. The Balaban J connectivity index is 1.49. The van der Waals surface area contributed by atoms with Crippen LogP contribution in [0, 0.1) is 10.1 Å². The van der Waals surface area contributed by atoms with Crippen LogP contribution in [0.25, 0.3) is 23.1 Å². The molecule has 3 aromatic rings. The Morgan fingerprint density at radius 3 is 2.53 bits per heavy atom. The van der Waals surface area contributed by atoms with Gasteiger partial charge in [0.05, 0.1) is 21.7 Å². The number of nitro groups is 1. The second-order valence-electron chi connectivity index (χ2n) is 7.44. The highest BCUT2D eigenvalue weighted by atomic mass is 16.6. The summed E-state index contributed by atoms with van der Waals surface area (Å²) in [6.07, 6.45) is 3.35. The molecule has 0 saturated carbocycles. The Bertz CT molecular complexity index is 1210. The summed E-state index contributed by atoms with van der Waals surface area (Å²) in [6, 6.07) is 11.8. The predicted octanol–water partition coefficient (Wildman–Crippen LogP) is 3.34. The summed E-state index contributed by atoms with van der Waals surface area (Å²) >= 11 is 0. The highest BCUT2D eigenvalue weighted by Crippen LogP contribution is 2.26. The Morgan fingerprint density at radius 2 is 1.81 bits per heavy atom. The number of urea groups is 1. The van der Waals surface area contributed by atoms with E-state index in [-0.39, 0.29) is 17.6 Å². The van der Waals surface area contributed by atoms with E-state index < -0.39 is 4.92 Å². The van der Waals surface area contributed by atoms with Crippen molar-refractivity contribution in [2.75, 3.05) is 31.5 Å².